The Morgan fingerprint density at radius 2 is 2.17 bits per heavy atom. The van der Waals surface area contributed by atoms with Gasteiger partial charge in [-0.3, -0.25) is 4.99 Å². The molecule has 4 nitrogen and oxygen atoms in total. The molecule has 1 aromatic rings. The number of hydrogen-bond donors (Lipinski definition) is 2. The van der Waals surface area contributed by atoms with Crippen LogP contribution in [0.2, 0.25) is 0 Å². The van der Waals surface area contributed by atoms with Crippen molar-refractivity contribution in [2.45, 2.75) is 33.2 Å². The van der Waals surface area contributed by atoms with Crippen molar-refractivity contribution in [3.63, 3.8) is 0 Å². The topological polar surface area (TPSA) is 39.7 Å². The monoisotopic (exact) mass is 430 g/mol. The molecular formula is C18H31IN4. The van der Waals surface area contributed by atoms with Gasteiger partial charge in [-0.15, -0.1) is 24.0 Å². The highest BCUT2D eigenvalue weighted by atomic mass is 127. The van der Waals surface area contributed by atoms with Gasteiger partial charge < -0.3 is 15.5 Å². The smallest absolute Gasteiger partial charge is 0.191 e. The number of piperidine rings is 1. The van der Waals surface area contributed by atoms with E-state index in [1.165, 1.54) is 37.1 Å². The molecule has 23 heavy (non-hydrogen) atoms. The Bertz CT molecular complexity index is 490. The molecule has 1 fully saturated rings. The Hall–Kier alpha value is -0.820. The third-order valence-electron chi connectivity index (χ3n) is 4.23. The summed E-state index contributed by atoms with van der Waals surface area (Å²) < 4.78 is 0. The minimum atomic E-state index is 0. The van der Waals surface area contributed by atoms with E-state index in [2.05, 4.69) is 58.6 Å². The fourth-order valence-corrected chi connectivity index (χ4v) is 3.05. The summed E-state index contributed by atoms with van der Waals surface area (Å²) in [7, 11) is 1.83. The van der Waals surface area contributed by atoms with Crippen LogP contribution in [0.25, 0.3) is 0 Å². The number of hydrogen-bond acceptors (Lipinski definition) is 2. The Morgan fingerprint density at radius 1 is 1.35 bits per heavy atom. The second-order valence-electron chi connectivity index (χ2n) is 6.39. The van der Waals surface area contributed by atoms with E-state index in [-0.39, 0.29) is 24.0 Å². The molecule has 1 saturated heterocycles. The van der Waals surface area contributed by atoms with Crippen LogP contribution in [-0.4, -0.2) is 44.1 Å². The van der Waals surface area contributed by atoms with Crippen LogP contribution >= 0.6 is 24.0 Å². The van der Waals surface area contributed by atoms with Gasteiger partial charge in [-0.2, -0.15) is 0 Å². The summed E-state index contributed by atoms with van der Waals surface area (Å²) in [6.07, 6.45) is 2.71. The van der Waals surface area contributed by atoms with Crippen LogP contribution in [0.15, 0.2) is 29.3 Å². The maximum absolute atomic E-state index is 4.30. The molecule has 0 aromatic heterocycles. The molecule has 1 aromatic carbocycles. The van der Waals surface area contributed by atoms with E-state index in [0.717, 1.165) is 31.5 Å². The molecule has 0 amide bonds. The third kappa shape index (κ3) is 7.52. The van der Waals surface area contributed by atoms with Crippen molar-refractivity contribution in [1.82, 2.24) is 15.5 Å². The minimum Gasteiger partial charge on any atom is -0.355 e. The average Bonchev–Trinajstić information content (AvgIpc) is 2.51. The predicted octanol–water partition coefficient (Wildman–Crippen LogP) is 3.01. The summed E-state index contributed by atoms with van der Waals surface area (Å²) in [5.41, 5.74) is 2.58. The third-order valence-corrected chi connectivity index (χ3v) is 4.23. The molecule has 0 spiro atoms. The molecule has 1 atom stereocenters. The highest BCUT2D eigenvalue weighted by molar-refractivity contribution is 14.0. The SMILES string of the molecule is CN=C(NCCN1CCCC(C)C1)NCc1cccc(C)c1.I. The largest absolute Gasteiger partial charge is 0.355 e. The molecule has 0 radical (unpaired) electrons. The highest BCUT2D eigenvalue weighted by Gasteiger charge is 2.15. The summed E-state index contributed by atoms with van der Waals surface area (Å²) in [6.45, 7) is 9.79. The summed E-state index contributed by atoms with van der Waals surface area (Å²) >= 11 is 0. The average molecular weight is 430 g/mol. The van der Waals surface area contributed by atoms with Gasteiger partial charge in [-0.1, -0.05) is 36.8 Å². The Morgan fingerprint density at radius 3 is 2.87 bits per heavy atom. The van der Waals surface area contributed by atoms with E-state index >= 15 is 0 Å². The lowest BCUT2D eigenvalue weighted by Crippen LogP contribution is -2.43. The van der Waals surface area contributed by atoms with Gasteiger partial charge in [0.05, 0.1) is 0 Å². The van der Waals surface area contributed by atoms with Crippen molar-refractivity contribution in [2.75, 3.05) is 33.2 Å². The number of halogens is 1. The zero-order valence-electron chi connectivity index (χ0n) is 14.6. The first-order valence-electron chi connectivity index (χ1n) is 8.40. The van der Waals surface area contributed by atoms with Crippen molar-refractivity contribution in [3.05, 3.63) is 35.4 Å². The number of likely N-dealkylation sites (tertiary alicyclic amines) is 1. The molecule has 2 N–H and O–H groups in total. The van der Waals surface area contributed by atoms with Gasteiger partial charge in [0.15, 0.2) is 5.96 Å². The number of benzene rings is 1. The summed E-state index contributed by atoms with van der Waals surface area (Å²) in [5, 5.41) is 6.79. The molecule has 0 bridgehead atoms. The zero-order valence-corrected chi connectivity index (χ0v) is 17.0. The summed E-state index contributed by atoms with van der Waals surface area (Å²) in [4.78, 5) is 6.85. The maximum atomic E-state index is 4.30. The van der Waals surface area contributed by atoms with Crippen molar-refractivity contribution < 1.29 is 0 Å². The number of aryl methyl sites for hydroxylation is 1. The number of rotatable bonds is 5. The summed E-state index contributed by atoms with van der Waals surface area (Å²) in [5.74, 6) is 1.72. The van der Waals surface area contributed by atoms with Crippen molar-refractivity contribution in [2.24, 2.45) is 10.9 Å². The number of nitrogens with zero attached hydrogens (tertiary/aromatic N) is 2. The number of guanidine groups is 1. The van der Waals surface area contributed by atoms with Crippen LogP contribution in [0.3, 0.4) is 0 Å². The van der Waals surface area contributed by atoms with Crippen LogP contribution < -0.4 is 10.6 Å². The van der Waals surface area contributed by atoms with E-state index in [0.29, 0.717) is 0 Å². The Kier molecular flexibility index (Phi) is 9.55. The molecule has 0 aliphatic carbocycles. The van der Waals surface area contributed by atoms with Crippen LogP contribution in [0.4, 0.5) is 0 Å². The maximum Gasteiger partial charge on any atom is 0.191 e. The molecule has 0 saturated carbocycles. The molecule has 130 valence electrons. The van der Waals surface area contributed by atoms with Crippen molar-refractivity contribution in [1.29, 1.82) is 0 Å². The van der Waals surface area contributed by atoms with Gasteiger partial charge in [-0.05, 0) is 37.8 Å². The zero-order chi connectivity index (χ0) is 15.8. The second-order valence-corrected chi connectivity index (χ2v) is 6.39. The van der Waals surface area contributed by atoms with Crippen LogP contribution in [0.1, 0.15) is 30.9 Å². The lowest BCUT2D eigenvalue weighted by Gasteiger charge is -2.30. The molecular weight excluding hydrogens is 399 g/mol. The van der Waals surface area contributed by atoms with Gasteiger partial charge >= 0.3 is 0 Å². The first kappa shape index (κ1) is 20.2. The molecule has 1 heterocycles. The van der Waals surface area contributed by atoms with Gasteiger partial charge in [0.1, 0.15) is 0 Å². The second kappa shape index (κ2) is 10.9. The fourth-order valence-electron chi connectivity index (χ4n) is 3.05. The summed E-state index contributed by atoms with van der Waals surface area (Å²) in [6, 6.07) is 8.56. The van der Waals surface area contributed by atoms with E-state index in [9.17, 15) is 0 Å². The molecule has 1 aliphatic heterocycles. The first-order chi connectivity index (χ1) is 10.7. The lowest BCUT2D eigenvalue weighted by atomic mass is 10.0. The first-order valence-corrected chi connectivity index (χ1v) is 8.40. The van der Waals surface area contributed by atoms with Gasteiger partial charge in [0, 0.05) is 33.2 Å². The van der Waals surface area contributed by atoms with E-state index in [4.69, 9.17) is 0 Å². The standard InChI is InChI=1S/C18H30N4.HI/c1-15-6-4-8-17(12-15)13-21-18(19-3)20-9-11-22-10-5-7-16(2)14-22;/h4,6,8,12,16H,5,7,9-11,13-14H2,1-3H3,(H2,19,20,21);1H. The van der Waals surface area contributed by atoms with Crippen molar-refractivity contribution >= 4 is 29.9 Å². The van der Waals surface area contributed by atoms with Crippen LogP contribution in [0.5, 0.6) is 0 Å². The van der Waals surface area contributed by atoms with E-state index < -0.39 is 0 Å². The fraction of sp³-hybridized carbons (Fsp3) is 0.611. The van der Waals surface area contributed by atoms with Gasteiger partial charge in [0.2, 0.25) is 0 Å². The Balaban J connectivity index is 0.00000264. The lowest BCUT2D eigenvalue weighted by molar-refractivity contribution is 0.187. The molecule has 5 heteroatoms. The molecule has 1 aliphatic rings. The molecule has 2 rings (SSSR count). The Labute approximate surface area is 158 Å². The molecule has 1 unspecified atom stereocenters. The normalized spacial score (nSPS) is 19.1. The number of nitrogens with one attached hydrogen (secondary N) is 2. The van der Waals surface area contributed by atoms with Crippen molar-refractivity contribution in [3.8, 4) is 0 Å². The van der Waals surface area contributed by atoms with Crippen LogP contribution in [0, 0.1) is 12.8 Å². The van der Waals surface area contributed by atoms with Gasteiger partial charge in [-0.25, -0.2) is 0 Å². The minimum absolute atomic E-state index is 0. The van der Waals surface area contributed by atoms with E-state index in [1.807, 2.05) is 7.05 Å². The number of aliphatic imine (C=N–C) groups is 1. The predicted molar refractivity (Wildman–Crippen MR) is 110 cm³/mol. The van der Waals surface area contributed by atoms with E-state index in [1.54, 1.807) is 0 Å². The highest BCUT2D eigenvalue weighted by Crippen LogP contribution is 2.14. The van der Waals surface area contributed by atoms with Crippen LogP contribution in [-0.2, 0) is 6.54 Å². The van der Waals surface area contributed by atoms with Gasteiger partial charge in [0.25, 0.3) is 0 Å². The quantitative estimate of drug-likeness (QED) is 0.429.